The van der Waals surface area contributed by atoms with Crippen LogP contribution in [0.4, 0.5) is 0 Å². The van der Waals surface area contributed by atoms with Gasteiger partial charge in [0, 0.05) is 45.5 Å². The van der Waals surface area contributed by atoms with E-state index in [1.54, 1.807) is 13.3 Å². The second-order valence-corrected chi connectivity index (χ2v) is 8.04. The zero-order valence-corrected chi connectivity index (χ0v) is 17.7. The quantitative estimate of drug-likeness (QED) is 0.653. The number of hydrogen-bond acceptors (Lipinski definition) is 4. The fraction of sp³-hybridized carbons (Fsp3) is 0.500. The SMILES string of the molecule is COc1ccc(CCN2CCC[C@H](CN(C)C(=O)CCc3cccnc3)C2)cc1. The standard InChI is InChI=1S/C24H33N3O2/c1-26(24(28)12-9-21-5-3-14-25-17-21)18-22-6-4-15-27(19-22)16-13-20-7-10-23(29-2)11-8-20/h3,5,7-8,10-11,14,17,22H,4,6,9,12-13,15-16,18-19H2,1-2H3/t22-/m1/s1. The monoisotopic (exact) mass is 395 g/mol. The van der Waals surface area contributed by atoms with Crippen molar-refractivity contribution in [3.63, 3.8) is 0 Å². The maximum atomic E-state index is 12.5. The molecular weight excluding hydrogens is 362 g/mol. The Kier molecular flexibility index (Phi) is 8.05. The van der Waals surface area contributed by atoms with E-state index in [1.165, 1.54) is 18.4 Å². The van der Waals surface area contributed by atoms with Crippen LogP contribution >= 0.6 is 0 Å². The third-order valence-corrected chi connectivity index (χ3v) is 5.79. The van der Waals surface area contributed by atoms with Crippen LogP contribution in [0, 0.1) is 5.92 Å². The summed E-state index contributed by atoms with van der Waals surface area (Å²) in [5.41, 5.74) is 2.47. The van der Waals surface area contributed by atoms with Crippen molar-refractivity contribution in [2.45, 2.75) is 32.1 Å². The molecule has 2 heterocycles. The Bertz CT molecular complexity index is 748. The molecule has 1 amide bonds. The molecule has 0 radical (unpaired) electrons. The highest BCUT2D eigenvalue weighted by Crippen LogP contribution is 2.19. The molecule has 1 saturated heterocycles. The average molecular weight is 396 g/mol. The van der Waals surface area contributed by atoms with Gasteiger partial charge in [-0.15, -0.1) is 0 Å². The minimum atomic E-state index is 0.226. The highest BCUT2D eigenvalue weighted by Gasteiger charge is 2.22. The molecule has 0 unspecified atom stereocenters. The summed E-state index contributed by atoms with van der Waals surface area (Å²) in [6.07, 6.45) is 8.39. The van der Waals surface area contributed by atoms with E-state index in [-0.39, 0.29) is 5.91 Å². The molecule has 2 aromatic rings. The molecule has 0 saturated carbocycles. The van der Waals surface area contributed by atoms with Gasteiger partial charge in [0.25, 0.3) is 0 Å². The lowest BCUT2D eigenvalue weighted by Gasteiger charge is -2.34. The van der Waals surface area contributed by atoms with Crippen LogP contribution in [0.1, 0.15) is 30.4 Å². The Morgan fingerprint density at radius 2 is 2.03 bits per heavy atom. The van der Waals surface area contributed by atoms with Crippen LogP contribution in [0.5, 0.6) is 5.75 Å². The van der Waals surface area contributed by atoms with Gasteiger partial charge in [0.15, 0.2) is 0 Å². The second kappa shape index (κ2) is 11.0. The molecule has 1 aliphatic rings. The first-order valence-electron chi connectivity index (χ1n) is 10.6. The van der Waals surface area contributed by atoms with Gasteiger partial charge in [0.05, 0.1) is 7.11 Å². The number of carbonyl (C=O) groups is 1. The molecule has 1 aliphatic heterocycles. The predicted octanol–water partition coefficient (Wildman–Crippen LogP) is 3.44. The van der Waals surface area contributed by atoms with Crippen molar-refractivity contribution in [2.75, 3.05) is 40.3 Å². The third kappa shape index (κ3) is 6.86. The largest absolute Gasteiger partial charge is 0.497 e. The summed E-state index contributed by atoms with van der Waals surface area (Å²) in [6, 6.07) is 12.3. The van der Waals surface area contributed by atoms with Gasteiger partial charge in [-0.25, -0.2) is 0 Å². The maximum absolute atomic E-state index is 12.5. The Balaban J connectivity index is 1.40. The van der Waals surface area contributed by atoms with Crippen molar-refractivity contribution in [3.8, 4) is 5.75 Å². The summed E-state index contributed by atoms with van der Waals surface area (Å²) in [5.74, 6) is 1.69. The van der Waals surface area contributed by atoms with Gasteiger partial charge >= 0.3 is 0 Å². The van der Waals surface area contributed by atoms with Crippen molar-refractivity contribution >= 4 is 5.91 Å². The average Bonchev–Trinajstić information content (AvgIpc) is 2.77. The number of piperidine rings is 1. The molecule has 1 aromatic carbocycles. The smallest absolute Gasteiger partial charge is 0.222 e. The van der Waals surface area contributed by atoms with Gasteiger partial charge in [0.2, 0.25) is 5.91 Å². The lowest BCUT2D eigenvalue weighted by molar-refractivity contribution is -0.130. The first-order valence-corrected chi connectivity index (χ1v) is 10.6. The molecule has 0 N–H and O–H groups in total. The van der Waals surface area contributed by atoms with Gasteiger partial charge in [0.1, 0.15) is 5.75 Å². The van der Waals surface area contributed by atoms with Crippen LogP contribution in [-0.2, 0) is 17.6 Å². The van der Waals surface area contributed by atoms with Crippen molar-refractivity contribution < 1.29 is 9.53 Å². The van der Waals surface area contributed by atoms with Crippen LogP contribution in [0.3, 0.4) is 0 Å². The summed E-state index contributed by atoms with van der Waals surface area (Å²) in [5, 5.41) is 0. The van der Waals surface area contributed by atoms with E-state index in [2.05, 4.69) is 22.0 Å². The summed E-state index contributed by atoms with van der Waals surface area (Å²) < 4.78 is 5.23. The normalized spacial score (nSPS) is 17.1. The number of carbonyl (C=O) groups excluding carboxylic acids is 1. The maximum Gasteiger partial charge on any atom is 0.222 e. The lowest BCUT2D eigenvalue weighted by atomic mass is 9.97. The Hall–Kier alpha value is -2.40. The van der Waals surface area contributed by atoms with E-state index in [0.29, 0.717) is 12.3 Å². The number of pyridine rings is 1. The third-order valence-electron chi connectivity index (χ3n) is 5.79. The Labute approximate surface area is 174 Å². The van der Waals surface area contributed by atoms with Crippen LogP contribution in [0.15, 0.2) is 48.8 Å². The van der Waals surface area contributed by atoms with Crippen molar-refractivity contribution in [1.29, 1.82) is 0 Å². The highest BCUT2D eigenvalue weighted by molar-refractivity contribution is 5.76. The molecule has 0 aliphatic carbocycles. The summed E-state index contributed by atoms with van der Waals surface area (Å²) >= 11 is 0. The van der Waals surface area contributed by atoms with Crippen LogP contribution in [0.25, 0.3) is 0 Å². The number of methoxy groups -OCH3 is 1. The molecular formula is C24H33N3O2. The fourth-order valence-electron chi connectivity index (χ4n) is 4.06. The second-order valence-electron chi connectivity index (χ2n) is 8.04. The number of rotatable bonds is 9. The molecule has 5 nitrogen and oxygen atoms in total. The Morgan fingerprint density at radius 3 is 2.76 bits per heavy atom. The lowest BCUT2D eigenvalue weighted by Crippen LogP contribution is -2.42. The van der Waals surface area contributed by atoms with Crippen LogP contribution < -0.4 is 4.74 Å². The number of aryl methyl sites for hydroxylation is 1. The number of likely N-dealkylation sites (tertiary alicyclic amines) is 1. The Morgan fingerprint density at radius 1 is 1.21 bits per heavy atom. The number of hydrogen-bond donors (Lipinski definition) is 0. The number of aromatic nitrogens is 1. The van der Waals surface area contributed by atoms with E-state index < -0.39 is 0 Å². The summed E-state index contributed by atoms with van der Waals surface area (Å²) in [4.78, 5) is 21.1. The molecule has 1 aromatic heterocycles. The summed E-state index contributed by atoms with van der Waals surface area (Å²) in [7, 11) is 3.64. The topological polar surface area (TPSA) is 45.7 Å². The number of ether oxygens (including phenoxy) is 1. The molecule has 1 atom stereocenters. The van der Waals surface area contributed by atoms with E-state index in [4.69, 9.17) is 4.74 Å². The number of benzene rings is 1. The van der Waals surface area contributed by atoms with Gasteiger partial charge in [-0.05, 0) is 67.5 Å². The van der Waals surface area contributed by atoms with Gasteiger partial charge in [-0.1, -0.05) is 18.2 Å². The first kappa shape index (κ1) is 21.3. The first-order chi connectivity index (χ1) is 14.1. The van der Waals surface area contributed by atoms with E-state index in [9.17, 15) is 4.79 Å². The summed E-state index contributed by atoms with van der Waals surface area (Å²) in [6.45, 7) is 4.16. The van der Waals surface area contributed by atoms with E-state index >= 15 is 0 Å². The van der Waals surface area contributed by atoms with Crippen molar-refractivity contribution in [2.24, 2.45) is 5.92 Å². The zero-order chi connectivity index (χ0) is 20.5. The minimum absolute atomic E-state index is 0.226. The number of amides is 1. The van der Waals surface area contributed by atoms with Gasteiger partial charge < -0.3 is 14.5 Å². The fourth-order valence-corrected chi connectivity index (χ4v) is 4.06. The molecule has 1 fully saturated rings. The number of nitrogens with zero attached hydrogens (tertiary/aromatic N) is 3. The molecule has 5 heteroatoms. The molecule has 0 bridgehead atoms. The van der Waals surface area contributed by atoms with E-state index in [1.807, 2.05) is 42.4 Å². The van der Waals surface area contributed by atoms with Crippen LogP contribution in [0.2, 0.25) is 0 Å². The predicted molar refractivity (Wildman–Crippen MR) is 116 cm³/mol. The zero-order valence-electron chi connectivity index (χ0n) is 17.7. The van der Waals surface area contributed by atoms with E-state index in [0.717, 1.165) is 50.3 Å². The van der Waals surface area contributed by atoms with Crippen molar-refractivity contribution in [1.82, 2.24) is 14.8 Å². The van der Waals surface area contributed by atoms with Gasteiger partial charge in [-0.2, -0.15) is 0 Å². The molecule has 29 heavy (non-hydrogen) atoms. The van der Waals surface area contributed by atoms with Crippen molar-refractivity contribution in [3.05, 3.63) is 59.9 Å². The minimum Gasteiger partial charge on any atom is -0.497 e. The molecule has 3 rings (SSSR count). The highest BCUT2D eigenvalue weighted by atomic mass is 16.5. The van der Waals surface area contributed by atoms with Crippen LogP contribution in [-0.4, -0.2) is 61.0 Å². The molecule has 156 valence electrons. The molecule has 0 spiro atoms. The van der Waals surface area contributed by atoms with Gasteiger partial charge in [-0.3, -0.25) is 9.78 Å².